The van der Waals surface area contributed by atoms with E-state index in [1.54, 1.807) is 0 Å². The lowest BCUT2D eigenvalue weighted by Crippen LogP contribution is -2.33. The molecule has 1 atom stereocenters. The average molecular weight is 197 g/mol. The van der Waals surface area contributed by atoms with Gasteiger partial charge in [-0.1, -0.05) is 19.8 Å². The number of Topliss-reactive ketones (excluding diaryl/α,β-unsaturated/α-hetero) is 1. The topological polar surface area (TPSA) is 46.2 Å². The van der Waals surface area contributed by atoms with Crippen molar-refractivity contribution in [3.8, 4) is 0 Å². The van der Waals surface area contributed by atoms with Crippen molar-refractivity contribution < 1.29 is 9.59 Å². The second-order valence-corrected chi connectivity index (χ2v) is 3.91. The zero-order valence-electron chi connectivity index (χ0n) is 8.84. The van der Waals surface area contributed by atoms with Gasteiger partial charge in [0.1, 0.15) is 5.78 Å². The van der Waals surface area contributed by atoms with E-state index in [1.807, 2.05) is 0 Å². The first-order valence-electron chi connectivity index (χ1n) is 5.56. The van der Waals surface area contributed by atoms with Crippen LogP contribution in [0.25, 0.3) is 0 Å². The number of ketones is 1. The molecule has 14 heavy (non-hydrogen) atoms. The minimum Gasteiger partial charge on any atom is -0.355 e. The zero-order chi connectivity index (χ0) is 10.4. The van der Waals surface area contributed by atoms with Crippen LogP contribution in [0.5, 0.6) is 0 Å². The largest absolute Gasteiger partial charge is 0.355 e. The molecule has 0 spiro atoms. The van der Waals surface area contributed by atoms with Crippen LogP contribution in [0, 0.1) is 5.92 Å². The molecule has 80 valence electrons. The van der Waals surface area contributed by atoms with E-state index in [9.17, 15) is 9.59 Å². The maximum Gasteiger partial charge on any atom is 0.230 e. The fourth-order valence-corrected chi connectivity index (χ4v) is 1.77. The van der Waals surface area contributed by atoms with Crippen LogP contribution in [0.15, 0.2) is 0 Å². The van der Waals surface area contributed by atoms with E-state index >= 15 is 0 Å². The quantitative estimate of drug-likeness (QED) is 0.697. The molecule has 1 unspecified atom stereocenters. The van der Waals surface area contributed by atoms with Gasteiger partial charge in [0.25, 0.3) is 0 Å². The molecule has 1 aliphatic rings. The molecular weight excluding hydrogens is 178 g/mol. The van der Waals surface area contributed by atoms with E-state index in [0.29, 0.717) is 6.42 Å². The van der Waals surface area contributed by atoms with Crippen LogP contribution in [-0.4, -0.2) is 18.2 Å². The van der Waals surface area contributed by atoms with Gasteiger partial charge in [-0.15, -0.1) is 0 Å². The molecule has 0 aromatic carbocycles. The molecule has 1 aliphatic heterocycles. The Morgan fingerprint density at radius 1 is 1.50 bits per heavy atom. The van der Waals surface area contributed by atoms with Crippen molar-refractivity contribution in [2.24, 2.45) is 5.92 Å². The van der Waals surface area contributed by atoms with Crippen molar-refractivity contribution >= 4 is 11.7 Å². The van der Waals surface area contributed by atoms with Gasteiger partial charge in [-0.25, -0.2) is 0 Å². The molecule has 3 nitrogen and oxygen atoms in total. The first-order chi connectivity index (χ1) is 6.75. The fraction of sp³-hybridized carbons (Fsp3) is 0.818. The SMILES string of the molecule is CCCCC(=O)C1CCCCNC1=O. The Bertz CT molecular complexity index is 213. The third-order valence-electron chi connectivity index (χ3n) is 2.70. The third-order valence-corrected chi connectivity index (χ3v) is 2.70. The Hall–Kier alpha value is -0.860. The lowest BCUT2D eigenvalue weighted by Gasteiger charge is -2.10. The summed E-state index contributed by atoms with van der Waals surface area (Å²) in [5, 5.41) is 2.79. The summed E-state index contributed by atoms with van der Waals surface area (Å²) < 4.78 is 0. The molecule has 0 aromatic heterocycles. The number of hydrogen-bond donors (Lipinski definition) is 1. The van der Waals surface area contributed by atoms with Gasteiger partial charge in [0.2, 0.25) is 5.91 Å². The van der Waals surface area contributed by atoms with Crippen LogP contribution < -0.4 is 5.32 Å². The average Bonchev–Trinajstić information content (AvgIpc) is 2.39. The number of rotatable bonds is 4. The summed E-state index contributed by atoms with van der Waals surface area (Å²) in [5.41, 5.74) is 0. The van der Waals surface area contributed by atoms with Crippen LogP contribution in [0.1, 0.15) is 45.4 Å². The standard InChI is InChI=1S/C11H19NO2/c1-2-3-7-10(13)9-6-4-5-8-12-11(9)14/h9H,2-8H2,1H3,(H,12,14). The highest BCUT2D eigenvalue weighted by Crippen LogP contribution is 2.16. The first-order valence-corrected chi connectivity index (χ1v) is 5.56. The minimum absolute atomic E-state index is 0.0522. The molecule has 1 fully saturated rings. The van der Waals surface area contributed by atoms with E-state index in [1.165, 1.54) is 0 Å². The number of carbonyl (C=O) groups excluding carboxylic acids is 2. The van der Waals surface area contributed by atoms with E-state index in [-0.39, 0.29) is 17.6 Å². The van der Waals surface area contributed by atoms with Crippen molar-refractivity contribution in [3.63, 3.8) is 0 Å². The first kappa shape index (κ1) is 11.2. The van der Waals surface area contributed by atoms with Gasteiger partial charge in [0.15, 0.2) is 0 Å². The molecule has 0 aliphatic carbocycles. The van der Waals surface area contributed by atoms with Gasteiger partial charge in [0.05, 0.1) is 5.92 Å². The molecule has 1 heterocycles. The summed E-state index contributed by atoms with van der Waals surface area (Å²) in [6.07, 6.45) is 5.22. The molecule has 1 amide bonds. The molecule has 0 bridgehead atoms. The van der Waals surface area contributed by atoms with Crippen molar-refractivity contribution in [1.82, 2.24) is 5.32 Å². The third kappa shape index (κ3) is 3.13. The maximum absolute atomic E-state index is 11.7. The Balaban J connectivity index is 2.46. The van der Waals surface area contributed by atoms with Gasteiger partial charge >= 0.3 is 0 Å². The number of nitrogens with one attached hydrogen (secondary N) is 1. The lowest BCUT2D eigenvalue weighted by atomic mass is 9.94. The van der Waals surface area contributed by atoms with Gasteiger partial charge in [-0.2, -0.15) is 0 Å². The summed E-state index contributed by atoms with van der Waals surface area (Å²) in [6.45, 7) is 2.79. The van der Waals surface area contributed by atoms with Crippen molar-refractivity contribution in [2.45, 2.75) is 45.4 Å². The number of amides is 1. The van der Waals surface area contributed by atoms with Gasteiger partial charge in [-0.3, -0.25) is 9.59 Å². The predicted molar refractivity (Wildman–Crippen MR) is 54.9 cm³/mol. The van der Waals surface area contributed by atoms with Gasteiger partial charge in [0, 0.05) is 13.0 Å². The Kier molecular flexibility index (Phi) is 4.63. The number of carbonyl (C=O) groups is 2. The highest BCUT2D eigenvalue weighted by Gasteiger charge is 2.26. The van der Waals surface area contributed by atoms with Crippen LogP contribution in [-0.2, 0) is 9.59 Å². The van der Waals surface area contributed by atoms with E-state index in [0.717, 1.165) is 38.6 Å². The highest BCUT2D eigenvalue weighted by atomic mass is 16.2. The number of unbranched alkanes of at least 4 members (excludes halogenated alkanes) is 1. The van der Waals surface area contributed by atoms with Crippen molar-refractivity contribution in [3.05, 3.63) is 0 Å². The summed E-state index contributed by atoms with van der Waals surface area (Å²) in [4.78, 5) is 23.1. The molecule has 0 aromatic rings. The zero-order valence-corrected chi connectivity index (χ0v) is 8.84. The van der Waals surface area contributed by atoms with Crippen LogP contribution >= 0.6 is 0 Å². The van der Waals surface area contributed by atoms with Gasteiger partial charge < -0.3 is 5.32 Å². The molecule has 0 saturated carbocycles. The maximum atomic E-state index is 11.7. The summed E-state index contributed by atoms with van der Waals surface area (Å²) in [7, 11) is 0. The predicted octanol–water partition coefficient (Wildman–Crippen LogP) is 1.66. The molecule has 0 radical (unpaired) electrons. The van der Waals surface area contributed by atoms with Crippen LogP contribution in [0.4, 0.5) is 0 Å². The Morgan fingerprint density at radius 3 is 3.00 bits per heavy atom. The Labute approximate surface area is 85.3 Å². The normalized spacial score (nSPS) is 22.6. The van der Waals surface area contributed by atoms with E-state index in [4.69, 9.17) is 0 Å². The second-order valence-electron chi connectivity index (χ2n) is 3.91. The lowest BCUT2D eigenvalue weighted by molar-refractivity contribution is -0.133. The molecule has 3 heteroatoms. The fourth-order valence-electron chi connectivity index (χ4n) is 1.77. The molecular formula is C11H19NO2. The monoisotopic (exact) mass is 197 g/mol. The van der Waals surface area contributed by atoms with E-state index in [2.05, 4.69) is 12.2 Å². The second kappa shape index (κ2) is 5.78. The summed E-state index contributed by atoms with van der Waals surface area (Å²) in [6, 6.07) is 0. The molecule has 1 saturated heterocycles. The Morgan fingerprint density at radius 2 is 2.29 bits per heavy atom. The smallest absolute Gasteiger partial charge is 0.230 e. The van der Waals surface area contributed by atoms with Gasteiger partial charge in [-0.05, 0) is 19.3 Å². The van der Waals surface area contributed by atoms with E-state index < -0.39 is 0 Å². The van der Waals surface area contributed by atoms with Crippen molar-refractivity contribution in [1.29, 1.82) is 0 Å². The summed E-state index contributed by atoms with van der Waals surface area (Å²) in [5.74, 6) is -0.279. The van der Waals surface area contributed by atoms with Crippen LogP contribution in [0.2, 0.25) is 0 Å². The molecule has 1 N–H and O–H groups in total. The van der Waals surface area contributed by atoms with Crippen LogP contribution in [0.3, 0.4) is 0 Å². The highest BCUT2D eigenvalue weighted by molar-refractivity contribution is 6.01. The molecule has 1 rings (SSSR count). The summed E-state index contributed by atoms with van der Waals surface area (Å²) >= 11 is 0. The number of hydrogen-bond acceptors (Lipinski definition) is 2. The van der Waals surface area contributed by atoms with Crippen molar-refractivity contribution in [2.75, 3.05) is 6.54 Å². The minimum atomic E-state index is -0.357.